The molecule has 1 unspecified atom stereocenters. The third-order valence-electron chi connectivity index (χ3n) is 3.15. The van der Waals surface area contributed by atoms with Crippen molar-refractivity contribution in [2.45, 2.75) is 26.8 Å². The van der Waals surface area contributed by atoms with E-state index in [1.54, 1.807) is 19.1 Å². The lowest BCUT2D eigenvalue weighted by molar-refractivity contribution is 0.0916. The third kappa shape index (κ3) is 4.56. The Morgan fingerprint density at radius 3 is 2.47 bits per heavy atom. The Hall–Kier alpha value is -1.55. The lowest BCUT2D eigenvalue weighted by atomic mass is 10.0. The predicted octanol–water partition coefficient (Wildman–Crippen LogP) is 2.02. The van der Waals surface area contributed by atoms with Crippen molar-refractivity contribution in [2.24, 2.45) is 5.92 Å². The number of phenolic OH excluding ortho intramolecular Hbond substituents is 1. The van der Waals surface area contributed by atoms with Crippen LogP contribution in [0.25, 0.3) is 0 Å². The molecular weight excluding hydrogens is 240 g/mol. The maximum absolute atomic E-state index is 12.2. The number of nitrogens with one attached hydrogen (secondary N) is 1. The van der Waals surface area contributed by atoms with E-state index in [2.05, 4.69) is 24.1 Å². The standard InChI is InChI=1S/C15H24N2O2/c1-10(2)13(9-17(4)5)16-15(19)12-7-6-11(3)14(18)8-12/h6-8,10,13,18H,9H2,1-5H3,(H,16,19). The van der Waals surface area contributed by atoms with E-state index >= 15 is 0 Å². The second-order valence-electron chi connectivity index (χ2n) is 5.59. The van der Waals surface area contributed by atoms with Crippen LogP contribution < -0.4 is 5.32 Å². The van der Waals surface area contributed by atoms with Crippen LogP contribution >= 0.6 is 0 Å². The van der Waals surface area contributed by atoms with Gasteiger partial charge in [-0.3, -0.25) is 4.79 Å². The molecule has 19 heavy (non-hydrogen) atoms. The first kappa shape index (κ1) is 15.5. The van der Waals surface area contributed by atoms with Gasteiger partial charge in [0.25, 0.3) is 5.91 Å². The van der Waals surface area contributed by atoms with Crippen molar-refractivity contribution >= 4 is 5.91 Å². The fourth-order valence-corrected chi connectivity index (χ4v) is 1.82. The van der Waals surface area contributed by atoms with Gasteiger partial charge in [-0.05, 0) is 44.6 Å². The highest BCUT2D eigenvalue weighted by Crippen LogP contribution is 2.17. The minimum absolute atomic E-state index is 0.0888. The highest BCUT2D eigenvalue weighted by Gasteiger charge is 2.18. The summed E-state index contributed by atoms with van der Waals surface area (Å²) in [6.07, 6.45) is 0. The average Bonchev–Trinajstić information content (AvgIpc) is 2.31. The van der Waals surface area contributed by atoms with Gasteiger partial charge in [-0.1, -0.05) is 19.9 Å². The van der Waals surface area contributed by atoms with Crippen LogP contribution in [0.1, 0.15) is 29.8 Å². The van der Waals surface area contributed by atoms with E-state index in [1.165, 1.54) is 6.07 Å². The van der Waals surface area contributed by atoms with Crippen molar-refractivity contribution in [1.82, 2.24) is 10.2 Å². The normalized spacial score (nSPS) is 12.8. The van der Waals surface area contributed by atoms with Gasteiger partial charge in [0.05, 0.1) is 0 Å². The highest BCUT2D eigenvalue weighted by molar-refractivity contribution is 5.94. The van der Waals surface area contributed by atoms with E-state index in [1.807, 2.05) is 14.1 Å². The largest absolute Gasteiger partial charge is 0.508 e. The SMILES string of the molecule is Cc1ccc(C(=O)NC(CN(C)C)C(C)C)cc1O. The van der Waals surface area contributed by atoms with Crippen LogP contribution in [0.5, 0.6) is 5.75 Å². The number of hydrogen-bond acceptors (Lipinski definition) is 3. The van der Waals surface area contributed by atoms with Gasteiger partial charge >= 0.3 is 0 Å². The number of carbonyl (C=O) groups excluding carboxylic acids is 1. The van der Waals surface area contributed by atoms with Gasteiger partial charge in [-0.15, -0.1) is 0 Å². The second kappa shape index (κ2) is 6.57. The first-order valence-corrected chi connectivity index (χ1v) is 6.56. The van der Waals surface area contributed by atoms with Crippen LogP contribution in [0.4, 0.5) is 0 Å². The van der Waals surface area contributed by atoms with E-state index in [0.717, 1.165) is 12.1 Å². The van der Waals surface area contributed by atoms with Gasteiger partial charge in [-0.2, -0.15) is 0 Å². The van der Waals surface area contributed by atoms with Crippen molar-refractivity contribution in [3.05, 3.63) is 29.3 Å². The Balaban J connectivity index is 2.78. The number of amides is 1. The van der Waals surface area contributed by atoms with Gasteiger partial charge in [0.2, 0.25) is 0 Å². The summed E-state index contributed by atoms with van der Waals surface area (Å²) in [6.45, 7) is 6.77. The van der Waals surface area contributed by atoms with Crippen LogP contribution in [0, 0.1) is 12.8 Å². The van der Waals surface area contributed by atoms with Gasteiger partial charge < -0.3 is 15.3 Å². The molecule has 0 fully saturated rings. The lowest BCUT2D eigenvalue weighted by Crippen LogP contribution is -2.45. The summed E-state index contributed by atoms with van der Waals surface area (Å²) in [5.74, 6) is 0.364. The first-order chi connectivity index (χ1) is 8.81. The Morgan fingerprint density at radius 2 is 2.00 bits per heavy atom. The maximum atomic E-state index is 12.2. The van der Waals surface area contributed by atoms with Crippen LogP contribution in [0.15, 0.2) is 18.2 Å². The molecule has 0 bridgehead atoms. The monoisotopic (exact) mass is 264 g/mol. The highest BCUT2D eigenvalue weighted by atomic mass is 16.3. The predicted molar refractivity (Wildman–Crippen MR) is 77.5 cm³/mol. The summed E-state index contributed by atoms with van der Waals surface area (Å²) in [6, 6.07) is 5.08. The van der Waals surface area contributed by atoms with Crippen LogP contribution in [0.3, 0.4) is 0 Å². The Labute approximate surface area is 115 Å². The molecule has 106 valence electrons. The molecule has 1 aromatic rings. The number of aromatic hydroxyl groups is 1. The molecule has 0 radical (unpaired) electrons. The summed E-state index contributed by atoms with van der Waals surface area (Å²) in [7, 11) is 3.97. The van der Waals surface area contributed by atoms with Crippen molar-refractivity contribution < 1.29 is 9.90 Å². The van der Waals surface area contributed by atoms with E-state index in [-0.39, 0.29) is 17.7 Å². The topological polar surface area (TPSA) is 52.6 Å². The molecule has 2 N–H and O–H groups in total. The molecule has 1 atom stereocenters. The van der Waals surface area contributed by atoms with E-state index < -0.39 is 0 Å². The smallest absolute Gasteiger partial charge is 0.251 e. The van der Waals surface area contributed by atoms with Crippen LogP contribution in [-0.4, -0.2) is 42.6 Å². The minimum Gasteiger partial charge on any atom is -0.508 e. The number of benzene rings is 1. The molecule has 0 aliphatic carbocycles. The van der Waals surface area contributed by atoms with Crippen LogP contribution in [0.2, 0.25) is 0 Å². The molecule has 0 heterocycles. The zero-order chi connectivity index (χ0) is 14.6. The number of likely N-dealkylation sites (N-methyl/N-ethyl adjacent to an activating group) is 1. The summed E-state index contributed by atoms with van der Waals surface area (Å²) in [5.41, 5.74) is 1.26. The number of carbonyl (C=O) groups is 1. The maximum Gasteiger partial charge on any atom is 0.251 e. The van der Waals surface area contributed by atoms with Gasteiger partial charge in [0.1, 0.15) is 5.75 Å². The molecule has 4 heteroatoms. The molecule has 4 nitrogen and oxygen atoms in total. The average molecular weight is 264 g/mol. The minimum atomic E-state index is -0.143. The lowest BCUT2D eigenvalue weighted by Gasteiger charge is -2.25. The number of phenols is 1. The van der Waals surface area contributed by atoms with Crippen molar-refractivity contribution in [3.63, 3.8) is 0 Å². The zero-order valence-corrected chi connectivity index (χ0v) is 12.4. The van der Waals surface area contributed by atoms with Crippen LogP contribution in [-0.2, 0) is 0 Å². The van der Waals surface area contributed by atoms with E-state index in [9.17, 15) is 9.90 Å². The molecule has 0 spiro atoms. The quantitative estimate of drug-likeness (QED) is 0.855. The third-order valence-corrected chi connectivity index (χ3v) is 3.15. The molecule has 0 saturated heterocycles. The zero-order valence-electron chi connectivity index (χ0n) is 12.4. The van der Waals surface area contributed by atoms with Gasteiger partial charge in [0.15, 0.2) is 0 Å². The molecule has 1 rings (SSSR count). The van der Waals surface area contributed by atoms with Crippen molar-refractivity contribution in [3.8, 4) is 5.75 Å². The number of rotatable bonds is 5. The molecule has 1 aromatic carbocycles. The fourth-order valence-electron chi connectivity index (χ4n) is 1.82. The van der Waals surface area contributed by atoms with Crippen molar-refractivity contribution in [2.75, 3.05) is 20.6 Å². The number of nitrogens with zero attached hydrogens (tertiary/aromatic N) is 1. The summed E-state index contributed by atoms with van der Waals surface area (Å²) >= 11 is 0. The summed E-state index contributed by atoms with van der Waals surface area (Å²) < 4.78 is 0. The second-order valence-corrected chi connectivity index (χ2v) is 5.59. The molecular formula is C15H24N2O2. The van der Waals surface area contributed by atoms with E-state index in [4.69, 9.17) is 0 Å². The summed E-state index contributed by atoms with van der Waals surface area (Å²) in [4.78, 5) is 14.2. The molecule has 1 amide bonds. The van der Waals surface area contributed by atoms with E-state index in [0.29, 0.717) is 11.5 Å². The van der Waals surface area contributed by atoms with Gasteiger partial charge in [-0.25, -0.2) is 0 Å². The molecule has 0 saturated carbocycles. The fraction of sp³-hybridized carbons (Fsp3) is 0.533. The Bertz CT molecular complexity index is 442. The van der Waals surface area contributed by atoms with Crippen molar-refractivity contribution in [1.29, 1.82) is 0 Å². The Morgan fingerprint density at radius 1 is 1.37 bits per heavy atom. The first-order valence-electron chi connectivity index (χ1n) is 6.56. The molecule has 0 aromatic heterocycles. The number of hydrogen-bond donors (Lipinski definition) is 2. The summed E-state index contributed by atoms with van der Waals surface area (Å²) in [5, 5.41) is 12.7. The molecule has 0 aliphatic heterocycles. The molecule has 0 aliphatic rings. The Kier molecular flexibility index (Phi) is 5.36. The number of aryl methyl sites for hydroxylation is 1. The van der Waals surface area contributed by atoms with Gasteiger partial charge in [0, 0.05) is 18.2 Å².